The Bertz CT molecular complexity index is 984. The van der Waals surface area contributed by atoms with Crippen LogP contribution in [-0.4, -0.2) is 53.2 Å². The summed E-state index contributed by atoms with van der Waals surface area (Å²) < 4.78 is 11.4. The van der Waals surface area contributed by atoms with E-state index in [-0.39, 0.29) is 5.54 Å². The van der Waals surface area contributed by atoms with Crippen LogP contribution in [0.3, 0.4) is 0 Å². The van der Waals surface area contributed by atoms with Crippen molar-refractivity contribution in [2.45, 2.75) is 39.8 Å². The van der Waals surface area contributed by atoms with Crippen LogP contribution in [0.15, 0.2) is 22.6 Å². The van der Waals surface area contributed by atoms with Crippen molar-refractivity contribution in [3.8, 4) is 0 Å². The first-order chi connectivity index (χ1) is 13.4. The minimum absolute atomic E-state index is 0.208. The number of nitrogens with two attached hydrogens (primary N) is 1. The third kappa shape index (κ3) is 3.52. The average Bonchev–Trinajstić information content (AvgIpc) is 3.11. The summed E-state index contributed by atoms with van der Waals surface area (Å²) in [5.41, 5.74) is 9.61. The van der Waals surface area contributed by atoms with Gasteiger partial charge in [0.05, 0.1) is 5.52 Å². The standard InChI is InChI=1S/C21H29N5O2/c1-5-27-13-17-24-18-19(28-17)15-12-14(6-7-16(15)23-20(18)22)25-8-10-26(11-9-25)21(2,3)4/h6-7,12H,5,8-11,13H2,1-4H3,(H2,22,23). The number of benzene rings is 1. The highest BCUT2D eigenvalue weighted by molar-refractivity contribution is 6.05. The van der Waals surface area contributed by atoms with Crippen LogP contribution < -0.4 is 10.6 Å². The lowest BCUT2D eigenvalue weighted by Gasteiger charge is -2.43. The van der Waals surface area contributed by atoms with Crippen molar-refractivity contribution in [2.75, 3.05) is 43.4 Å². The minimum atomic E-state index is 0.208. The number of oxazole rings is 1. The van der Waals surface area contributed by atoms with Gasteiger partial charge in [0.2, 0.25) is 5.89 Å². The number of ether oxygens (including phenoxy) is 1. The fraction of sp³-hybridized carbons (Fsp3) is 0.524. The van der Waals surface area contributed by atoms with E-state index in [0.29, 0.717) is 36.0 Å². The van der Waals surface area contributed by atoms with Crippen molar-refractivity contribution >= 4 is 33.5 Å². The van der Waals surface area contributed by atoms with Gasteiger partial charge in [0, 0.05) is 49.4 Å². The minimum Gasteiger partial charge on any atom is -0.437 e. The summed E-state index contributed by atoms with van der Waals surface area (Å²) in [4.78, 5) is 13.9. The van der Waals surface area contributed by atoms with Gasteiger partial charge in [-0.2, -0.15) is 0 Å². The number of fused-ring (bicyclic) bond motifs is 3. The normalized spacial score (nSPS) is 16.4. The van der Waals surface area contributed by atoms with Crippen molar-refractivity contribution in [1.29, 1.82) is 0 Å². The second kappa shape index (κ2) is 7.22. The zero-order chi connectivity index (χ0) is 19.9. The second-order valence-electron chi connectivity index (χ2n) is 8.27. The molecule has 0 saturated carbocycles. The fourth-order valence-corrected chi connectivity index (χ4v) is 3.79. The molecule has 2 aromatic heterocycles. The van der Waals surface area contributed by atoms with E-state index in [0.717, 1.165) is 37.1 Å². The van der Waals surface area contributed by atoms with Crippen LogP contribution in [0.25, 0.3) is 22.0 Å². The van der Waals surface area contributed by atoms with Crippen molar-refractivity contribution in [3.05, 3.63) is 24.1 Å². The molecule has 1 fully saturated rings. The molecule has 7 heteroatoms. The van der Waals surface area contributed by atoms with Gasteiger partial charge in [0.25, 0.3) is 0 Å². The number of piperazine rings is 1. The number of nitrogen functional groups attached to an aromatic ring is 1. The predicted octanol–water partition coefficient (Wildman–Crippen LogP) is 3.42. The molecule has 1 aromatic carbocycles. The summed E-state index contributed by atoms with van der Waals surface area (Å²) in [7, 11) is 0. The Hall–Kier alpha value is -2.38. The van der Waals surface area contributed by atoms with Crippen molar-refractivity contribution in [1.82, 2.24) is 14.9 Å². The van der Waals surface area contributed by atoms with Gasteiger partial charge < -0.3 is 19.8 Å². The van der Waals surface area contributed by atoms with Gasteiger partial charge in [-0.3, -0.25) is 4.90 Å². The zero-order valence-electron chi connectivity index (χ0n) is 17.2. The maximum atomic E-state index is 6.11. The van der Waals surface area contributed by atoms with Gasteiger partial charge in [-0.05, 0) is 45.9 Å². The van der Waals surface area contributed by atoms with E-state index in [1.807, 2.05) is 13.0 Å². The molecular weight excluding hydrogens is 354 g/mol. The van der Waals surface area contributed by atoms with E-state index >= 15 is 0 Å². The highest BCUT2D eigenvalue weighted by Gasteiger charge is 2.26. The fourth-order valence-electron chi connectivity index (χ4n) is 3.79. The third-order valence-corrected chi connectivity index (χ3v) is 5.40. The summed E-state index contributed by atoms with van der Waals surface area (Å²) >= 11 is 0. The molecule has 7 nitrogen and oxygen atoms in total. The number of anilines is 2. The first kappa shape index (κ1) is 19.0. The number of rotatable bonds is 4. The van der Waals surface area contributed by atoms with Crippen LogP contribution in [0.1, 0.15) is 33.6 Å². The molecule has 150 valence electrons. The van der Waals surface area contributed by atoms with Crippen molar-refractivity contribution in [2.24, 2.45) is 0 Å². The molecule has 28 heavy (non-hydrogen) atoms. The zero-order valence-corrected chi connectivity index (χ0v) is 17.2. The summed E-state index contributed by atoms with van der Waals surface area (Å²) in [5.74, 6) is 0.919. The molecule has 0 amide bonds. The lowest BCUT2D eigenvalue weighted by molar-refractivity contribution is 0.116. The quantitative estimate of drug-likeness (QED) is 0.739. The Morgan fingerprint density at radius 1 is 1.14 bits per heavy atom. The molecule has 1 saturated heterocycles. The number of hydrogen-bond donors (Lipinski definition) is 1. The van der Waals surface area contributed by atoms with Crippen LogP contribution >= 0.6 is 0 Å². The van der Waals surface area contributed by atoms with Crippen molar-refractivity contribution in [3.63, 3.8) is 0 Å². The Morgan fingerprint density at radius 2 is 1.89 bits per heavy atom. The molecule has 0 spiro atoms. The summed E-state index contributed by atoms with van der Waals surface area (Å²) in [5, 5.41) is 0.940. The SMILES string of the molecule is CCOCc1nc2c(N)nc3ccc(N4CCN(C(C)(C)C)CC4)cc3c2o1. The van der Waals surface area contributed by atoms with Crippen LogP contribution in [0.2, 0.25) is 0 Å². The highest BCUT2D eigenvalue weighted by Crippen LogP contribution is 2.32. The molecule has 0 radical (unpaired) electrons. The number of nitrogens with zero attached hydrogens (tertiary/aromatic N) is 4. The molecule has 1 aliphatic rings. The number of aromatic nitrogens is 2. The molecule has 0 atom stereocenters. The van der Waals surface area contributed by atoms with E-state index in [1.54, 1.807) is 0 Å². The largest absolute Gasteiger partial charge is 0.437 e. The first-order valence-electron chi connectivity index (χ1n) is 9.93. The van der Waals surface area contributed by atoms with Gasteiger partial charge in [-0.15, -0.1) is 0 Å². The maximum absolute atomic E-state index is 6.11. The second-order valence-corrected chi connectivity index (χ2v) is 8.27. The summed E-state index contributed by atoms with van der Waals surface area (Å²) in [6, 6.07) is 6.28. The Balaban J connectivity index is 1.67. The van der Waals surface area contributed by atoms with E-state index in [2.05, 4.69) is 52.7 Å². The lowest BCUT2D eigenvalue weighted by atomic mass is 10.0. The average molecular weight is 383 g/mol. The topological polar surface area (TPSA) is 80.6 Å². The number of pyridine rings is 1. The van der Waals surface area contributed by atoms with Gasteiger partial charge >= 0.3 is 0 Å². The van der Waals surface area contributed by atoms with Crippen molar-refractivity contribution < 1.29 is 9.15 Å². The lowest BCUT2D eigenvalue weighted by Crippen LogP contribution is -2.53. The highest BCUT2D eigenvalue weighted by atomic mass is 16.5. The Labute approximate surface area is 165 Å². The first-order valence-corrected chi connectivity index (χ1v) is 9.93. The predicted molar refractivity (Wildman–Crippen MR) is 113 cm³/mol. The maximum Gasteiger partial charge on any atom is 0.221 e. The summed E-state index contributed by atoms with van der Waals surface area (Å²) in [6.45, 7) is 13.8. The smallest absolute Gasteiger partial charge is 0.221 e. The summed E-state index contributed by atoms with van der Waals surface area (Å²) in [6.07, 6.45) is 0. The van der Waals surface area contributed by atoms with Gasteiger partial charge in [0.15, 0.2) is 16.9 Å². The van der Waals surface area contributed by atoms with Crippen LogP contribution in [0.4, 0.5) is 11.5 Å². The van der Waals surface area contributed by atoms with E-state index in [1.165, 1.54) is 5.69 Å². The van der Waals surface area contributed by atoms with Gasteiger partial charge in [0.1, 0.15) is 6.61 Å². The molecule has 1 aliphatic heterocycles. The molecule has 0 aliphatic carbocycles. The van der Waals surface area contributed by atoms with E-state index in [4.69, 9.17) is 14.9 Å². The Kier molecular flexibility index (Phi) is 4.89. The molecule has 0 unspecified atom stereocenters. The van der Waals surface area contributed by atoms with Gasteiger partial charge in [-0.1, -0.05) is 0 Å². The Morgan fingerprint density at radius 3 is 2.57 bits per heavy atom. The molecule has 4 rings (SSSR count). The monoisotopic (exact) mass is 383 g/mol. The third-order valence-electron chi connectivity index (χ3n) is 5.40. The van der Waals surface area contributed by atoms with Crippen LogP contribution in [0, 0.1) is 0 Å². The van der Waals surface area contributed by atoms with Gasteiger partial charge in [-0.25, -0.2) is 9.97 Å². The van der Waals surface area contributed by atoms with Crippen LogP contribution in [0.5, 0.6) is 0 Å². The molecule has 2 N–H and O–H groups in total. The molecular formula is C21H29N5O2. The molecule has 3 heterocycles. The van der Waals surface area contributed by atoms with Crippen LogP contribution in [-0.2, 0) is 11.3 Å². The molecule has 0 bridgehead atoms. The number of hydrogen-bond acceptors (Lipinski definition) is 7. The van der Waals surface area contributed by atoms with E-state index in [9.17, 15) is 0 Å². The molecule has 3 aromatic rings. The van der Waals surface area contributed by atoms with E-state index < -0.39 is 0 Å².